The predicted octanol–water partition coefficient (Wildman–Crippen LogP) is 0.114. The van der Waals surface area contributed by atoms with E-state index in [1.807, 2.05) is 4.90 Å². The van der Waals surface area contributed by atoms with Crippen molar-refractivity contribution in [2.75, 3.05) is 40.0 Å². The summed E-state index contributed by atoms with van der Waals surface area (Å²) in [6.07, 6.45) is 1.29. The van der Waals surface area contributed by atoms with Gasteiger partial charge in [-0.3, -0.25) is 9.69 Å². The van der Waals surface area contributed by atoms with E-state index in [2.05, 4.69) is 0 Å². The Balaban J connectivity index is 4.32. The van der Waals surface area contributed by atoms with Crippen molar-refractivity contribution in [3.8, 4) is 0 Å². The lowest BCUT2D eigenvalue weighted by Gasteiger charge is -2.24. The molecule has 0 aromatic heterocycles. The van der Waals surface area contributed by atoms with Crippen LogP contribution in [0.2, 0.25) is 0 Å². The minimum absolute atomic E-state index is 0.000421. The molecular formula is C13H25NO6. The summed E-state index contributed by atoms with van der Waals surface area (Å²) in [5, 5.41) is 17.7. The number of carboxylic acids is 1. The zero-order valence-electron chi connectivity index (χ0n) is 12.4. The summed E-state index contributed by atoms with van der Waals surface area (Å²) in [5.74, 6) is -1.78. The van der Waals surface area contributed by atoms with E-state index in [0.29, 0.717) is 26.1 Å². The normalized spacial score (nSPS) is 11.7. The van der Waals surface area contributed by atoms with Crippen LogP contribution in [0.5, 0.6) is 0 Å². The first-order valence-electron chi connectivity index (χ1n) is 6.61. The molecule has 0 rings (SSSR count). The summed E-state index contributed by atoms with van der Waals surface area (Å²) < 4.78 is 9.89. The van der Waals surface area contributed by atoms with Crippen molar-refractivity contribution in [2.24, 2.45) is 0 Å². The van der Waals surface area contributed by atoms with Gasteiger partial charge in [-0.05, 0) is 26.7 Å². The van der Waals surface area contributed by atoms with Crippen molar-refractivity contribution in [3.63, 3.8) is 0 Å². The highest BCUT2D eigenvalue weighted by Gasteiger charge is 2.32. The van der Waals surface area contributed by atoms with Gasteiger partial charge in [-0.25, -0.2) is 4.79 Å². The molecule has 0 unspecified atom stereocenters. The first kappa shape index (κ1) is 18.8. The molecule has 0 spiro atoms. The largest absolute Gasteiger partial charge is 0.478 e. The van der Waals surface area contributed by atoms with E-state index in [4.69, 9.17) is 19.7 Å². The van der Waals surface area contributed by atoms with E-state index < -0.39 is 17.5 Å². The molecule has 0 aliphatic heterocycles. The van der Waals surface area contributed by atoms with E-state index in [-0.39, 0.29) is 13.2 Å². The molecule has 0 bridgehead atoms. The highest BCUT2D eigenvalue weighted by Crippen LogP contribution is 2.10. The number of nitrogens with zero attached hydrogens (tertiary/aromatic N) is 1. The lowest BCUT2D eigenvalue weighted by Crippen LogP contribution is -2.41. The van der Waals surface area contributed by atoms with Crippen LogP contribution < -0.4 is 0 Å². The third-order valence-electron chi connectivity index (χ3n) is 2.69. The van der Waals surface area contributed by atoms with Crippen LogP contribution >= 0.6 is 0 Å². The average Bonchev–Trinajstić information content (AvgIpc) is 2.35. The van der Waals surface area contributed by atoms with E-state index >= 15 is 0 Å². The molecule has 0 aromatic rings. The average molecular weight is 291 g/mol. The Morgan fingerprint density at radius 1 is 1.20 bits per heavy atom. The van der Waals surface area contributed by atoms with Crippen molar-refractivity contribution in [1.29, 1.82) is 0 Å². The van der Waals surface area contributed by atoms with Gasteiger partial charge >= 0.3 is 11.9 Å². The molecule has 118 valence electrons. The smallest absolute Gasteiger partial charge is 0.347 e. The van der Waals surface area contributed by atoms with Gasteiger partial charge in [-0.15, -0.1) is 0 Å². The SMILES string of the molecule is COCCCN(CCCO)CC(=O)OC(C)(C)C(=O)O. The number of carbonyl (C=O) groups excluding carboxylic acids is 1. The number of rotatable bonds is 11. The first-order chi connectivity index (χ1) is 9.33. The summed E-state index contributed by atoms with van der Waals surface area (Å²) in [7, 11) is 1.60. The zero-order valence-corrected chi connectivity index (χ0v) is 12.4. The van der Waals surface area contributed by atoms with Crippen molar-refractivity contribution >= 4 is 11.9 Å². The molecule has 0 heterocycles. The van der Waals surface area contributed by atoms with E-state index in [1.165, 1.54) is 13.8 Å². The monoisotopic (exact) mass is 291 g/mol. The second-order valence-corrected chi connectivity index (χ2v) is 4.99. The standard InChI is InChI=1S/C13H25NO6/c1-13(2,12(17)18)20-11(16)10-14(6-4-8-15)7-5-9-19-3/h15H,4-10H2,1-3H3,(H,17,18). The molecule has 20 heavy (non-hydrogen) atoms. The zero-order chi connectivity index (χ0) is 15.6. The van der Waals surface area contributed by atoms with Crippen LogP contribution in [-0.4, -0.2) is 72.6 Å². The fourth-order valence-electron chi connectivity index (χ4n) is 1.54. The molecule has 0 saturated heterocycles. The Morgan fingerprint density at radius 3 is 2.30 bits per heavy atom. The number of carboxylic acid groups (broad SMARTS) is 1. The maximum Gasteiger partial charge on any atom is 0.347 e. The molecule has 7 nitrogen and oxygen atoms in total. The van der Waals surface area contributed by atoms with Gasteiger partial charge < -0.3 is 19.7 Å². The second-order valence-electron chi connectivity index (χ2n) is 4.99. The lowest BCUT2D eigenvalue weighted by atomic mass is 10.1. The molecule has 0 aromatic carbocycles. The number of hydrogen-bond donors (Lipinski definition) is 2. The molecule has 0 fully saturated rings. The quantitative estimate of drug-likeness (QED) is 0.412. The Kier molecular flexibility index (Phi) is 9.11. The Morgan fingerprint density at radius 2 is 1.80 bits per heavy atom. The first-order valence-corrected chi connectivity index (χ1v) is 6.61. The van der Waals surface area contributed by atoms with Gasteiger partial charge in [0, 0.05) is 33.4 Å². The molecule has 0 saturated carbocycles. The third kappa shape index (κ3) is 8.08. The number of aliphatic carboxylic acids is 1. The maximum atomic E-state index is 11.7. The predicted molar refractivity (Wildman–Crippen MR) is 72.4 cm³/mol. The topological polar surface area (TPSA) is 96.3 Å². The van der Waals surface area contributed by atoms with Gasteiger partial charge in [0.15, 0.2) is 0 Å². The van der Waals surface area contributed by atoms with Crippen LogP contribution in [0.1, 0.15) is 26.7 Å². The molecule has 0 radical (unpaired) electrons. The van der Waals surface area contributed by atoms with E-state index in [9.17, 15) is 9.59 Å². The fourth-order valence-corrected chi connectivity index (χ4v) is 1.54. The molecule has 0 aliphatic carbocycles. The van der Waals surface area contributed by atoms with Gasteiger partial charge in [-0.2, -0.15) is 0 Å². The van der Waals surface area contributed by atoms with Crippen LogP contribution in [0, 0.1) is 0 Å². The number of ether oxygens (including phenoxy) is 2. The Bertz CT molecular complexity index is 305. The summed E-state index contributed by atoms with van der Waals surface area (Å²) in [6.45, 7) is 4.44. The van der Waals surface area contributed by atoms with Crippen molar-refractivity contribution < 1.29 is 29.3 Å². The van der Waals surface area contributed by atoms with Crippen LogP contribution in [0.4, 0.5) is 0 Å². The molecule has 7 heteroatoms. The number of aliphatic hydroxyl groups excluding tert-OH is 1. The highest BCUT2D eigenvalue weighted by molar-refractivity contribution is 5.81. The fraction of sp³-hybridized carbons (Fsp3) is 0.846. The van der Waals surface area contributed by atoms with Gasteiger partial charge in [0.2, 0.25) is 5.60 Å². The van der Waals surface area contributed by atoms with Crippen LogP contribution in [-0.2, 0) is 19.1 Å². The summed E-state index contributed by atoms with van der Waals surface area (Å²) >= 11 is 0. The van der Waals surface area contributed by atoms with Gasteiger partial charge in [0.1, 0.15) is 0 Å². The molecule has 0 amide bonds. The number of esters is 1. The number of carbonyl (C=O) groups is 2. The van der Waals surface area contributed by atoms with Crippen LogP contribution in [0.3, 0.4) is 0 Å². The van der Waals surface area contributed by atoms with Crippen molar-refractivity contribution in [3.05, 3.63) is 0 Å². The summed E-state index contributed by atoms with van der Waals surface area (Å²) in [5.41, 5.74) is -1.54. The molecule has 0 aliphatic rings. The van der Waals surface area contributed by atoms with Crippen molar-refractivity contribution in [2.45, 2.75) is 32.3 Å². The molecule has 2 N–H and O–H groups in total. The van der Waals surface area contributed by atoms with E-state index in [1.54, 1.807) is 7.11 Å². The minimum Gasteiger partial charge on any atom is -0.478 e. The molecular weight excluding hydrogens is 266 g/mol. The molecule has 0 atom stereocenters. The van der Waals surface area contributed by atoms with Gasteiger partial charge in [-0.1, -0.05) is 0 Å². The second kappa shape index (κ2) is 9.68. The van der Waals surface area contributed by atoms with Crippen LogP contribution in [0.25, 0.3) is 0 Å². The van der Waals surface area contributed by atoms with Gasteiger partial charge in [0.25, 0.3) is 0 Å². The maximum absolute atomic E-state index is 11.7. The summed E-state index contributed by atoms with van der Waals surface area (Å²) in [6, 6.07) is 0. The van der Waals surface area contributed by atoms with E-state index in [0.717, 1.165) is 6.42 Å². The lowest BCUT2D eigenvalue weighted by molar-refractivity contribution is -0.175. The number of aliphatic hydroxyl groups is 1. The number of hydrogen-bond acceptors (Lipinski definition) is 6. The minimum atomic E-state index is -1.54. The Labute approximate surface area is 119 Å². The number of methoxy groups -OCH3 is 1. The summed E-state index contributed by atoms with van der Waals surface area (Å²) in [4.78, 5) is 24.4. The third-order valence-corrected chi connectivity index (χ3v) is 2.69. The van der Waals surface area contributed by atoms with Crippen LogP contribution in [0.15, 0.2) is 0 Å². The van der Waals surface area contributed by atoms with Crippen molar-refractivity contribution in [1.82, 2.24) is 4.90 Å². The Hall–Kier alpha value is -1.18. The van der Waals surface area contributed by atoms with Gasteiger partial charge in [0.05, 0.1) is 6.54 Å². The highest BCUT2D eigenvalue weighted by atomic mass is 16.6.